The molecule has 0 radical (unpaired) electrons. The van der Waals surface area contributed by atoms with Gasteiger partial charge in [-0.15, -0.1) is 0 Å². The molecule has 0 bridgehead atoms. The van der Waals surface area contributed by atoms with Gasteiger partial charge in [0.2, 0.25) is 0 Å². The van der Waals surface area contributed by atoms with E-state index < -0.39 is 0 Å². The maximum Gasteiger partial charge on any atom is 0.138 e. The topological polar surface area (TPSA) is 17.1 Å². The Labute approximate surface area is 101 Å². The summed E-state index contributed by atoms with van der Waals surface area (Å²) in [4.78, 5) is 12.1. The third kappa shape index (κ3) is 3.92. The Morgan fingerprint density at radius 3 is 2.25 bits per heavy atom. The van der Waals surface area contributed by atoms with Crippen LogP contribution < -0.4 is 0 Å². The van der Waals surface area contributed by atoms with E-state index in [-0.39, 0.29) is 5.41 Å². The molecule has 0 heterocycles. The minimum atomic E-state index is -0.162. The zero-order valence-corrected chi connectivity index (χ0v) is 11.9. The third-order valence-electron chi connectivity index (χ3n) is 3.79. The molecule has 1 aliphatic carbocycles. The maximum atomic E-state index is 12.1. The van der Waals surface area contributed by atoms with E-state index in [0.29, 0.717) is 17.1 Å². The van der Waals surface area contributed by atoms with Crippen molar-refractivity contribution in [3.05, 3.63) is 0 Å². The zero-order chi connectivity index (χ0) is 12.6. The number of carbonyl (C=O) groups is 1. The summed E-state index contributed by atoms with van der Waals surface area (Å²) >= 11 is 0. The van der Waals surface area contributed by atoms with Crippen molar-refractivity contribution in [3.8, 4) is 0 Å². The summed E-state index contributed by atoms with van der Waals surface area (Å²) < 4.78 is 0. The molecule has 0 N–H and O–H groups in total. The Morgan fingerprint density at radius 2 is 1.81 bits per heavy atom. The quantitative estimate of drug-likeness (QED) is 0.677. The molecule has 0 aliphatic heterocycles. The summed E-state index contributed by atoms with van der Waals surface area (Å²) in [5.41, 5.74) is 0.269. The van der Waals surface area contributed by atoms with E-state index in [1.165, 1.54) is 19.3 Å². The van der Waals surface area contributed by atoms with Crippen LogP contribution in [0.2, 0.25) is 0 Å². The lowest BCUT2D eigenvalue weighted by atomic mass is 9.66. The number of hydrogen-bond acceptors (Lipinski definition) is 1. The highest BCUT2D eigenvalue weighted by molar-refractivity contribution is 5.83. The molecule has 0 spiro atoms. The van der Waals surface area contributed by atoms with Crippen molar-refractivity contribution in [2.24, 2.45) is 22.7 Å². The molecule has 94 valence electrons. The van der Waals surface area contributed by atoms with Gasteiger partial charge in [-0.05, 0) is 36.5 Å². The first-order valence-corrected chi connectivity index (χ1v) is 6.63. The summed E-state index contributed by atoms with van der Waals surface area (Å²) in [6.45, 7) is 13.1. The molecule has 0 aromatic rings. The van der Waals surface area contributed by atoms with Crippen molar-refractivity contribution in [3.63, 3.8) is 0 Å². The van der Waals surface area contributed by atoms with Gasteiger partial charge in [-0.1, -0.05) is 41.5 Å². The van der Waals surface area contributed by atoms with Gasteiger partial charge in [0.25, 0.3) is 0 Å². The van der Waals surface area contributed by atoms with Crippen LogP contribution in [0.1, 0.15) is 67.2 Å². The van der Waals surface area contributed by atoms with Crippen LogP contribution in [-0.4, -0.2) is 5.78 Å². The molecule has 1 aliphatic rings. The van der Waals surface area contributed by atoms with Gasteiger partial charge in [0.05, 0.1) is 0 Å². The Hall–Kier alpha value is -0.330. The number of rotatable bonds is 2. The Balaban J connectivity index is 2.58. The first kappa shape index (κ1) is 13.7. The fraction of sp³-hybridized carbons (Fsp3) is 0.933. The maximum absolute atomic E-state index is 12.1. The van der Waals surface area contributed by atoms with Gasteiger partial charge in [0.1, 0.15) is 5.78 Å². The van der Waals surface area contributed by atoms with Gasteiger partial charge in [0, 0.05) is 11.8 Å². The Morgan fingerprint density at radius 1 is 1.25 bits per heavy atom. The SMILES string of the molecule is CC1CC(CC(=O)C(C)(C)C)CC(C)(C)C1. The largest absolute Gasteiger partial charge is 0.299 e. The zero-order valence-electron chi connectivity index (χ0n) is 11.9. The fourth-order valence-electron chi connectivity index (χ4n) is 3.27. The van der Waals surface area contributed by atoms with Crippen LogP contribution in [0.15, 0.2) is 0 Å². The third-order valence-corrected chi connectivity index (χ3v) is 3.79. The van der Waals surface area contributed by atoms with Crippen LogP contribution in [0.4, 0.5) is 0 Å². The predicted molar refractivity (Wildman–Crippen MR) is 69.4 cm³/mol. The Kier molecular flexibility index (Phi) is 3.87. The normalized spacial score (nSPS) is 30.1. The van der Waals surface area contributed by atoms with E-state index in [0.717, 1.165) is 12.3 Å². The summed E-state index contributed by atoms with van der Waals surface area (Å²) in [6, 6.07) is 0. The molecule has 0 aromatic carbocycles. The van der Waals surface area contributed by atoms with E-state index in [1.807, 2.05) is 20.8 Å². The smallest absolute Gasteiger partial charge is 0.138 e. The second-order valence-corrected chi connectivity index (χ2v) is 7.66. The molecule has 1 rings (SSSR count). The van der Waals surface area contributed by atoms with E-state index >= 15 is 0 Å². The Bertz CT molecular complexity index is 257. The monoisotopic (exact) mass is 224 g/mol. The average Bonchev–Trinajstić information content (AvgIpc) is 1.97. The van der Waals surface area contributed by atoms with Crippen molar-refractivity contribution in [1.29, 1.82) is 0 Å². The van der Waals surface area contributed by atoms with Crippen LogP contribution in [0.3, 0.4) is 0 Å². The van der Waals surface area contributed by atoms with Gasteiger partial charge in [0.15, 0.2) is 0 Å². The first-order valence-electron chi connectivity index (χ1n) is 6.63. The highest BCUT2D eigenvalue weighted by atomic mass is 16.1. The molecule has 1 heteroatoms. The van der Waals surface area contributed by atoms with Crippen LogP contribution in [0.25, 0.3) is 0 Å². The van der Waals surface area contributed by atoms with Gasteiger partial charge in [-0.2, -0.15) is 0 Å². The molecular weight excluding hydrogens is 196 g/mol. The predicted octanol–water partition coefficient (Wildman–Crippen LogP) is 4.45. The number of hydrogen-bond donors (Lipinski definition) is 0. The van der Waals surface area contributed by atoms with E-state index in [2.05, 4.69) is 20.8 Å². The number of Topliss-reactive ketones (excluding diaryl/α,β-unsaturated/α-hetero) is 1. The lowest BCUT2D eigenvalue weighted by molar-refractivity contribution is -0.127. The molecule has 1 fully saturated rings. The lowest BCUT2D eigenvalue weighted by Gasteiger charge is -2.39. The molecule has 0 aromatic heterocycles. The minimum absolute atomic E-state index is 0.162. The van der Waals surface area contributed by atoms with Crippen LogP contribution in [0, 0.1) is 22.7 Å². The van der Waals surface area contributed by atoms with Gasteiger partial charge >= 0.3 is 0 Å². The van der Waals surface area contributed by atoms with Crippen molar-refractivity contribution < 1.29 is 4.79 Å². The molecule has 2 unspecified atom stereocenters. The van der Waals surface area contributed by atoms with E-state index in [1.54, 1.807) is 0 Å². The van der Waals surface area contributed by atoms with Gasteiger partial charge in [-0.25, -0.2) is 0 Å². The molecule has 16 heavy (non-hydrogen) atoms. The van der Waals surface area contributed by atoms with Gasteiger partial charge < -0.3 is 0 Å². The molecule has 2 atom stereocenters. The first-order chi connectivity index (χ1) is 7.10. The molecule has 0 saturated heterocycles. The van der Waals surface area contributed by atoms with E-state index in [9.17, 15) is 4.79 Å². The molecule has 0 amide bonds. The van der Waals surface area contributed by atoms with Crippen molar-refractivity contribution in [2.75, 3.05) is 0 Å². The highest BCUT2D eigenvalue weighted by Crippen LogP contribution is 2.43. The molecule has 1 saturated carbocycles. The number of ketones is 1. The number of carbonyl (C=O) groups excluding carboxylic acids is 1. The summed E-state index contributed by atoms with van der Waals surface area (Å²) in [5, 5.41) is 0. The molecular formula is C15H28O. The summed E-state index contributed by atoms with van der Waals surface area (Å²) in [7, 11) is 0. The van der Waals surface area contributed by atoms with E-state index in [4.69, 9.17) is 0 Å². The van der Waals surface area contributed by atoms with Crippen LogP contribution in [-0.2, 0) is 4.79 Å². The second kappa shape index (κ2) is 4.50. The fourth-order valence-corrected chi connectivity index (χ4v) is 3.27. The second-order valence-electron chi connectivity index (χ2n) is 7.66. The summed E-state index contributed by atoms with van der Waals surface area (Å²) in [6.07, 6.45) is 4.56. The minimum Gasteiger partial charge on any atom is -0.299 e. The average molecular weight is 224 g/mol. The van der Waals surface area contributed by atoms with Crippen molar-refractivity contribution in [1.82, 2.24) is 0 Å². The molecule has 1 nitrogen and oxygen atoms in total. The van der Waals surface area contributed by atoms with Crippen molar-refractivity contribution in [2.45, 2.75) is 67.2 Å². The van der Waals surface area contributed by atoms with Crippen LogP contribution >= 0.6 is 0 Å². The summed E-state index contributed by atoms with van der Waals surface area (Å²) in [5.74, 6) is 1.83. The van der Waals surface area contributed by atoms with Crippen LogP contribution in [0.5, 0.6) is 0 Å². The standard InChI is InChI=1S/C15H28O/c1-11-7-12(10-15(5,6)9-11)8-13(16)14(2,3)4/h11-12H,7-10H2,1-6H3. The highest BCUT2D eigenvalue weighted by Gasteiger charge is 2.34. The van der Waals surface area contributed by atoms with Crippen molar-refractivity contribution >= 4 is 5.78 Å². The van der Waals surface area contributed by atoms with Gasteiger partial charge in [-0.3, -0.25) is 4.79 Å². The lowest BCUT2D eigenvalue weighted by Crippen LogP contribution is -2.31.